The van der Waals surface area contributed by atoms with E-state index < -0.39 is 0 Å². The molecule has 1 aliphatic rings. The van der Waals surface area contributed by atoms with E-state index in [2.05, 4.69) is 0 Å². The molecule has 3 rings (SSSR count). The number of methoxy groups -OCH3 is 1. The maximum absolute atomic E-state index is 13.7. The summed E-state index contributed by atoms with van der Waals surface area (Å²) >= 11 is 0. The molecule has 3 nitrogen and oxygen atoms in total. The second kappa shape index (κ2) is 7.04. The molecule has 0 spiro atoms. The fraction of sp³-hybridized carbons (Fsp3) is 0.350. The largest absolute Gasteiger partial charge is 0.497 e. The van der Waals surface area contributed by atoms with Crippen molar-refractivity contribution in [2.75, 3.05) is 13.7 Å². The van der Waals surface area contributed by atoms with Gasteiger partial charge in [0.15, 0.2) is 0 Å². The minimum Gasteiger partial charge on any atom is -0.497 e. The predicted molar refractivity (Wildman–Crippen MR) is 91.5 cm³/mol. The smallest absolute Gasteiger partial charge is 0.223 e. The Kier molecular flexibility index (Phi) is 4.84. The van der Waals surface area contributed by atoms with E-state index in [4.69, 9.17) is 4.74 Å². The highest BCUT2D eigenvalue weighted by atomic mass is 19.1. The Labute approximate surface area is 142 Å². The van der Waals surface area contributed by atoms with Crippen molar-refractivity contribution in [3.05, 3.63) is 65.0 Å². The van der Waals surface area contributed by atoms with Crippen molar-refractivity contribution in [2.24, 2.45) is 0 Å². The van der Waals surface area contributed by atoms with Crippen LogP contribution in [0.4, 0.5) is 4.39 Å². The lowest BCUT2D eigenvalue weighted by Gasteiger charge is -2.35. The summed E-state index contributed by atoms with van der Waals surface area (Å²) in [6.45, 7) is 2.74. The summed E-state index contributed by atoms with van der Waals surface area (Å²) in [5.41, 5.74) is 3.00. The lowest BCUT2D eigenvalue weighted by Crippen LogP contribution is -2.39. The molecule has 1 amide bonds. The van der Waals surface area contributed by atoms with Gasteiger partial charge in [-0.25, -0.2) is 4.39 Å². The summed E-state index contributed by atoms with van der Waals surface area (Å²) in [6, 6.07) is 12.7. The van der Waals surface area contributed by atoms with Gasteiger partial charge in [0, 0.05) is 13.0 Å². The third-order valence-electron chi connectivity index (χ3n) is 4.78. The van der Waals surface area contributed by atoms with Gasteiger partial charge < -0.3 is 9.64 Å². The number of amides is 1. The molecule has 4 heteroatoms. The van der Waals surface area contributed by atoms with E-state index in [1.807, 2.05) is 30.0 Å². The molecule has 126 valence electrons. The summed E-state index contributed by atoms with van der Waals surface area (Å²) in [7, 11) is 1.66. The number of nitrogens with zero attached hydrogens (tertiary/aromatic N) is 1. The third kappa shape index (κ3) is 3.28. The fourth-order valence-electron chi connectivity index (χ4n) is 3.36. The van der Waals surface area contributed by atoms with E-state index in [1.165, 1.54) is 17.2 Å². The number of hydrogen-bond donors (Lipinski definition) is 0. The Bertz CT molecular complexity index is 744. The number of halogens is 1. The van der Waals surface area contributed by atoms with Gasteiger partial charge in [-0.15, -0.1) is 0 Å². The zero-order valence-corrected chi connectivity index (χ0v) is 14.1. The number of rotatable bonds is 4. The standard InChI is InChI=1S/C20H22FNO2/c1-14-18-9-8-17(24-2)13-16(18)11-12-22(14)20(23)10-7-15-5-3-4-6-19(15)21/h3-6,8-9,13-14H,7,10-12H2,1-2H3. The maximum atomic E-state index is 13.7. The highest BCUT2D eigenvalue weighted by Crippen LogP contribution is 2.32. The highest BCUT2D eigenvalue weighted by Gasteiger charge is 2.27. The summed E-state index contributed by atoms with van der Waals surface area (Å²) in [5.74, 6) is 0.682. The van der Waals surface area contributed by atoms with Crippen molar-refractivity contribution in [1.82, 2.24) is 4.90 Å². The van der Waals surface area contributed by atoms with E-state index in [-0.39, 0.29) is 17.8 Å². The molecule has 2 aromatic carbocycles. The average Bonchev–Trinajstić information content (AvgIpc) is 2.60. The first kappa shape index (κ1) is 16.5. The molecular weight excluding hydrogens is 305 g/mol. The normalized spacial score (nSPS) is 16.6. The van der Waals surface area contributed by atoms with Crippen LogP contribution in [-0.2, 0) is 17.6 Å². The van der Waals surface area contributed by atoms with Gasteiger partial charge in [0.25, 0.3) is 0 Å². The summed E-state index contributed by atoms with van der Waals surface area (Å²) in [4.78, 5) is 14.5. The van der Waals surface area contributed by atoms with Crippen molar-refractivity contribution in [2.45, 2.75) is 32.2 Å². The second-order valence-electron chi connectivity index (χ2n) is 6.17. The number of carbonyl (C=O) groups excluding carboxylic acids is 1. The van der Waals surface area contributed by atoms with Crippen LogP contribution in [0.3, 0.4) is 0 Å². The van der Waals surface area contributed by atoms with Gasteiger partial charge in [0.2, 0.25) is 5.91 Å². The number of carbonyl (C=O) groups is 1. The zero-order valence-electron chi connectivity index (χ0n) is 14.1. The van der Waals surface area contributed by atoms with Gasteiger partial charge >= 0.3 is 0 Å². The molecule has 1 unspecified atom stereocenters. The van der Waals surface area contributed by atoms with Crippen LogP contribution in [0, 0.1) is 5.82 Å². The van der Waals surface area contributed by atoms with Crippen molar-refractivity contribution >= 4 is 5.91 Å². The van der Waals surface area contributed by atoms with Crippen molar-refractivity contribution < 1.29 is 13.9 Å². The molecule has 1 aliphatic heterocycles. The third-order valence-corrected chi connectivity index (χ3v) is 4.78. The van der Waals surface area contributed by atoms with Crippen LogP contribution in [0.2, 0.25) is 0 Å². The summed E-state index contributed by atoms with van der Waals surface area (Å²) < 4.78 is 19.0. The quantitative estimate of drug-likeness (QED) is 0.852. The van der Waals surface area contributed by atoms with Crippen molar-refractivity contribution in [3.63, 3.8) is 0 Å². The Morgan fingerprint density at radius 3 is 2.83 bits per heavy atom. The average molecular weight is 327 g/mol. The van der Waals surface area contributed by atoms with Crippen LogP contribution in [0.5, 0.6) is 5.75 Å². The fourth-order valence-corrected chi connectivity index (χ4v) is 3.36. The Hall–Kier alpha value is -2.36. The number of hydrogen-bond acceptors (Lipinski definition) is 2. The molecule has 24 heavy (non-hydrogen) atoms. The van der Waals surface area contributed by atoms with Crippen LogP contribution >= 0.6 is 0 Å². The Morgan fingerprint density at radius 1 is 1.29 bits per heavy atom. The maximum Gasteiger partial charge on any atom is 0.223 e. The monoisotopic (exact) mass is 327 g/mol. The van der Waals surface area contributed by atoms with Crippen LogP contribution in [-0.4, -0.2) is 24.5 Å². The minimum absolute atomic E-state index is 0.0350. The molecule has 0 saturated heterocycles. The lowest BCUT2D eigenvalue weighted by molar-refractivity contribution is -0.133. The van der Waals surface area contributed by atoms with Crippen LogP contribution < -0.4 is 4.74 Å². The van der Waals surface area contributed by atoms with Gasteiger partial charge in [-0.05, 0) is 54.7 Å². The molecule has 1 heterocycles. The second-order valence-corrected chi connectivity index (χ2v) is 6.17. The van der Waals surface area contributed by atoms with Gasteiger partial charge in [-0.3, -0.25) is 4.79 Å². The number of ether oxygens (including phenoxy) is 1. The number of aryl methyl sites for hydroxylation is 1. The first-order valence-corrected chi connectivity index (χ1v) is 8.30. The van der Waals surface area contributed by atoms with Crippen molar-refractivity contribution in [3.8, 4) is 5.75 Å². The van der Waals surface area contributed by atoms with Crippen molar-refractivity contribution in [1.29, 1.82) is 0 Å². The molecule has 0 saturated carbocycles. The Balaban J connectivity index is 1.69. The Morgan fingerprint density at radius 2 is 2.08 bits per heavy atom. The molecule has 0 aromatic heterocycles. The van der Waals surface area contributed by atoms with Gasteiger partial charge in [0.05, 0.1) is 13.2 Å². The molecule has 0 N–H and O–H groups in total. The highest BCUT2D eigenvalue weighted by molar-refractivity contribution is 5.77. The van der Waals surface area contributed by atoms with Gasteiger partial charge in [-0.2, -0.15) is 0 Å². The first-order valence-electron chi connectivity index (χ1n) is 8.30. The van der Waals surface area contributed by atoms with E-state index in [0.717, 1.165) is 12.2 Å². The molecule has 1 atom stereocenters. The van der Waals surface area contributed by atoms with E-state index >= 15 is 0 Å². The lowest BCUT2D eigenvalue weighted by atomic mass is 9.93. The molecular formula is C20H22FNO2. The van der Waals surface area contributed by atoms with Gasteiger partial charge in [0.1, 0.15) is 11.6 Å². The molecule has 0 bridgehead atoms. The van der Waals surface area contributed by atoms with Crippen LogP contribution in [0.1, 0.15) is 36.1 Å². The molecule has 0 aliphatic carbocycles. The van der Waals surface area contributed by atoms with E-state index in [9.17, 15) is 9.18 Å². The summed E-state index contributed by atoms with van der Waals surface area (Å²) in [5, 5.41) is 0. The first-order chi connectivity index (χ1) is 11.6. The topological polar surface area (TPSA) is 29.5 Å². The van der Waals surface area contributed by atoms with Gasteiger partial charge in [-0.1, -0.05) is 24.3 Å². The van der Waals surface area contributed by atoms with E-state index in [0.29, 0.717) is 24.9 Å². The van der Waals surface area contributed by atoms with E-state index in [1.54, 1.807) is 25.3 Å². The van der Waals surface area contributed by atoms with Crippen LogP contribution in [0.15, 0.2) is 42.5 Å². The molecule has 0 fully saturated rings. The number of benzene rings is 2. The SMILES string of the molecule is COc1ccc2c(c1)CCN(C(=O)CCc1ccccc1F)C2C. The molecule has 0 radical (unpaired) electrons. The summed E-state index contributed by atoms with van der Waals surface area (Å²) in [6.07, 6.45) is 1.59. The predicted octanol–water partition coefficient (Wildman–Crippen LogP) is 3.91. The zero-order chi connectivity index (χ0) is 17.1. The number of fused-ring (bicyclic) bond motifs is 1. The minimum atomic E-state index is -0.241. The van der Waals surface area contributed by atoms with Crippen LogP contribution in [0.25, 0.3) is 0 Å². The molecule has 2 aromatic rings.